The second-order valence-corrected chi connectivity index (χ2v) is 7.79. The van der Waals surface area contributed by atoms with Gasteiger partial charge in [-0.3, -0.25) is 9.69 Å². The van der Waals surface area contributed by atoms with Crippen molar-refractivity contribution >= 4 is 5.82 Å². The van der Waals surface area contributed by atoms with Crippen LogP contribution < -0.4 is 10.9 Å². The molecule has 0 spiro atoms. The van der Waals surface area contributed by atoms with Gasteiger partial charge in [0.05, 0.1) is 12.2 Å². The zero-order chi connectivity index (χ0) is 19.3. The molecule has 0 bridgehead atoms. The fourth-order valence-electron chi connectivity index (χ4n) is 4.21. The van der Waals surface area contributed by atoms with Gasteiger partial charge in [-0.1, -0.05) is 6.42 Å². The third-order valence-corrected chi connectivity index (χ3v) is 5.83. The highest BCUT2D eigenvalue weighted by Crippen LogP contribution is 2.23. The summed E-state index contributed by atoms with van der Waals surface area (Å²) in [5.74, 6) is 0.975. The molecule has 4 rings (SSSR count). The van der Waals surface area contributed by atoms with E-state index in [1.165, 1.54) is 24.1 Å². The Labute approximate surface area is 165 Å². The molecule has 1 saturated heterocycles. The van der Waals surface area contributed by atoms with E-state index in [2.05, 4.69) is 37.2 Å². The maximum atomic E-state index is 11.9. The van der Waals surface area contributed by atoms with E-state index >= 15 is 0 Å². The van der Waals surface area contributed by atoms with Crippen LogP contribution in [0.4, 0.5) is 5.82 Å². The Hall–Kier alpha value is -2.32. The highest BCUT2D eigenvalue weighted by molar-refractivity contribution is 5.47. The highest BCUT2D eigenvalue weighted by Gasteiger charge is 2.24. The summed E-state index contributed by atoms with van der Waals surface area (Å²) in [6.45, 7) is 5.35. The fourth-order valence-corrected chi connectivity index (χ4v) is 4.21. The minimum absolute atomic E-state index is 0.0362. The molecule has 4 heterocycles. The second-order valence-electron chi connectivity index (χ2n) is 7.79. The number of likely N-dealkylation sites (tertiary alicyclic amines) is 1. The number of piperidine rings is 1. The first-order chi connectivity index (χ1) is 13.7. The lowest BCUT2D eigenvalue weighted by Crippen LogP contribution is -2.45. The van der Waals surface area contributed by atoms with E-state index in [-0.39, 0.29) is 5.56 Å². The van der Waals surface area contributed by atoms with Crippen LogP contribution in [0.5, 0.6) is 0 Å². The van der Waals surface area contributed by atoms with Crippen LogP contribution >= 0.6 is 0 Å². The molecular weight excluding hydrogens is 354 g/mol. The quantitative estimate of drug-likeness (QED) is 0.797. The molecule has 8 nitrogen and oxygen atoms in total. The molecule has 150 valence electrons. The molecule has 1 atom stereocenters. The topological polar surface area (TPSA) is 79.2 Å². The zero-order valence-electron chi connectivity index (χ0n) is 16.5. The van der Waals surface area contributed by atoms with E-state index in [0.717, 1.165) is 51.4 Å². The van der Waals surface area contributed by atoms with E-state index < -0.39 is 0 Å². The Morgan fingerprint density at radius 1 is 1.21 bits per heavy atom. The largest absolute Gasteiger partial charge is 0.368 e. The number of fused-ring (bicyclic) bond motifs is 1. The van der Waals surface area contributed by atoms with Crippen LogP contribution in [0.3, 0.4) is 0 Å². The molecule has 0 aliphatic carbocycles. The Morgan fingerprint density at radius 3 is 3.04 bits per heavy atom. The summed E-state index contributed by atoms with van der Waals surface area (Å²) in [4.78, 5) is 25.7. The van der Waals surface area contributed by atoms with Crippen LogP contribution in [-0.2, 0) is 19.5 Å². The van der Waals surface area contributed by atoms with E-state index in [9.17, 15) is 4.79 Å². The van der Waals surface area contributed by atoms with Gasteiger partial charge in [-0.25, -0.2) is 14.6 Å². The van der Waals surface area contributed by atoms with Gasteiger partial charge in [-0.2, -0.15) is 5.10 Å². The molecule has 1 fully saturated rings. The van der Waals surface area contributed by atoms with Crippen molar-refractivity contribution in [3.63, 3.8) is 0 Å². The number of hydrogen-bond acceptors (Lipinski definition) is 7. The van der Waals surface area contributed by atoms with Crippen molar-refractivity contribution in [3.8, 4) is 0 Å². The van der Waals surface area contributed by atoms with Crippen LogP contribution in [0.15, 0.2) is 29.5 Å². The summed E-state index contributed by atoms with van der Waals surface area (Å²) < 4.78 is 1.55. The van der Waals surface area contributed by atoms with Gasteiger partial charge in [0.15, 0.2) is 0 Å². The lowest BCUT2D eigenvalue weighted by Gasteiger charge is -2.36. The fraction of sp³-hybridized carbons (Fsp3) is 0.600. The predicted octanol–water partition coefficient (Wildman–Crippen LogP) is 0.988. The molecule has 1 N–H and O–H groups in total. The van der Waals surface area contributed by atoms with E-state index in [1.807, 2.05) is 0 Å². The third-order valence-electron chi connectivity index (χ3n) is 5.83. The SMILES string of the molecule is CN1CCc2ncnc(NCC3CCCCN3CCn3ncccc3=O)c2C1. The van der Waals surface area contributed by atoms with Gasteiger partial charge in [0.25, 0.3) is 5.56 Å². The summed E-state index contributed by atoms with van der Waals surface area (Å²) >= 11 is 0. The molecule has 0 amide bonds. The standard InChI is InChI=1S/C20H29N7O/c1-25-10-7-18-17(14-25)20(23-15-22-18)21-13-16-5-2-3-9-26(16)11-12-27-19(28)6-4-8-24-27/h4,6,8,15-16H,2-3,5,7,9-14H2,1H3,(H,21,22,23). The Balaban J connectivity index is 1.39. The van der Waals surface area contributed by atoms with E-state index in [4.69, 9.17) is 0 Å². The first-order valence-corrected chi connectivity index (χ1v) is 10.2. The van der Waals surface area contributed by atoms with Crippen LogP contribution in [0.1, 0.15) is 30.5 Å². The van der Waals surface area contributed by atoms with E-state index in [0.29, 0.717) is 12.6 Å². The normalized spacial score (nSPS) is 20.7. The van der Waals surface area contributed by atoms with Crippen molar-refractivity contribution in [3.05, 3.63) is 46.3 Å². The average molecular weight is 384 g/mol. The van der Waals surface area contributed by atoms with Gasteiger partial charge in [0.2, 0.25) is 0 Å². The molecule has 2 aliphatic heterocycles. The van der Waals surface area contributed by atoms with Gasteiger partial charge in [-0.05, 0) is 32.5 Å². The van der Waals surface area contributed by atoms with Crippen LogP contribution in [-0.4, -0.2) is 68.8 Å². The number of anilines is 1. The van der Waals surface area contributed by atoms with Gasteiger partial charge in [-0.15, -0.1) is 0 Å². The van der Waals surface area contributed by atoms with Gasteiger partial charge in [0.1, 0.15) is 12.1 Å². The molecular formula is C20H29N7O. The number of likely N-dealkylation sites (N-methyl/N-ethyl adjacent to an activating group) is 1. The maximum Gasteiger partial charge on any atom is 0.266 e. The first kappa shape index (κ1) is 19.0. The monoisotopic (exact) mass is 383 g/mol. The Morgan fingerprint density at radius 2 is 2.14 bits per heavy atom. The minimum Gasteiger partial charge on any atom is -0.368 e. The van der Waals surface area contributed by atoms with Crippen molar-refractivity contribution in [2.75, 3.05) is 38.5 Å². The summed E-state index contributed by atoms with van der Waals surface area (Å²) in [6.07, 6.45) is 7.96. The van der Waals surface area contributed by atoms with Gasteiger partial charge >= 0.3 is 0 Å². The molecule has 2 aromatic heterocycles. The van der Waals surface area contributed by atoms with Crippen molar-refractivity contribution in [1.29, 1.82) is 0 Å². The number of nitrogens with zero attached hydrogens (tertiary/aromatic N) is 6. The van der Waals surface area contributed by atoms with E-state index in [1.54, 1.807) is 29.3 Å². The molecule has 2 aromatic rings. The average Bonchev–Trinajstić information content (AvgIpc) is 2.72. The minimum atomic E-state index is -0.0362. The lowest BCUT2D eigenvalue weighted by molar-refractivity contribution is 0.148. The molecule has 0 radical (unpaired) electrons. The first-order valence-electron chi connectivity index (χ1n) is 10.2. The smallest absolute Gasteiger partial charge is 0.266 e. The van der Waals surface area contributed by atoms with Crippen molar-refractivity contribution in [2.24, 2.45) is 0 Å². The molecule has 1 unspecified atom stereocenters. The molecule has 8 heteroatoms. The molecule has 0 saturated carbocycles. The van der Waals surface area contributed by atoms with Gasteiger partial charge < -0.3 is 10.2 Å². The van der Waals surface area contributed by atoms with Crippen LogP contribution in [0.2, 0.25) is 0 Å². The number of aromatic nitrogens is 4. The van der Waals surface area contributed by atoms with Crippen molar-refractivity contribution < 1.29 is 0 Å². The number of nitrogens with one attached hydrogen (secondary N) is 1. The third kappa shape index (κ3) is 4.39. The molecule has 28 heavy (non-hydrogen) atoms. The number of rotatable bonds is 6. The van der Waals surface area contributed by atoms with Crippen molar-refractivity contribution in [2.45, 2.75) is 44.8 Å². The molecule has 2 aliphatic rings. The Kier molecular flexibility index (Phi) is 5.97. The molecule has 0 aromatic carbocycles. The lowest BCUT2D eigenvalue weighted by atomic mass is 10.0. The van der Waals surface area contributed by atoms with Crippen LogP contribution in [0, 0.1) is 0 Å². The summed E-state index contributed by atoms with van der Waals surface area (Å²) in [5.41, 5.74) is 2.37. The maximum absolute atomic E-state index is 11.9. The van der Waals surface area contributed by atoms with Crippen molar-refractivity contribution in [1.82, 2.24) is 29.5 Å². The highest BCUT2D eigenvalue weighted by atomic mass is 16.1. The predicted molar refractivity (Wildman–Crippen MR) is 108 cm³/mol. The summed E-state index contributed by atoms with van der Waals surface area (Å²) in [6, 6.07) is 3.70. The van der Waals surface area contributed by atoms with Crippen LogP contribution in [0.25, 0.3) is 0 Å². The zero-order valence-corrected chi connectivity index (χ0v) is 16.5. The second kappa shape index (κ2) is 8.79. The summed E-state index contributed by atoms with van der Waals surface area (Å²) in [5, 5.41) is 7.78. The summed E-state index contributed by atoms with van der Waals surface area (Å²) in [7, 11) is 2.14. The number of hydrogen-bond donors (Lipinski definition) is 1. The Bertz CT molecular complexity index is 852. The van der Waals surface area contributed by atoms with Gasteiger partial charge in [0, 0.05) is 56.5 Å².